The average molecular weight is 426 g/mol. The highest BCUT2D eigenvalue weighted by atomic mass is 79.9. The minimum Gasteiger partial charge on any atom is -0.309 e. The lowest BCUT2D eigenvalue weighted by molar-refractivity contribution is 0.584. The fourth-order valence-electron chi connectivity index (χ4n) is 2.65. The summed E-state index contributed by atoms with van der Waals surface area (Å²) < 4.78 is 14.9. The predicted octanol–water partition coefficient (Wildman–Crippen LogP) is 5.16. The van der Waals surface area contributed by atoms with E-state index in [2.05, 4.69) is 38.8 Å². The van der Waals surface area contributed by atoms with E-state index in [9.17, 15) is 4.57 Å². The van der Waals surface area contributed by atoms with Crippen LogP contribution in [-0.2, 0) is 4.57 Å². The van der Waals surface area contributed by atoms with Crippen molar-refractivity contribution in [3.8, 4) is 0 Å². The molecule has 1 aliphatic carbocycles. The summed E-state index contributed by atoms with van der Waals surface area (Å²) in [6, 6.07) is 19.6. The van der Waals surface area contributed by atoms with Gasteiger partial charge >= 0.3 is 0 Å². The molecule has 1 nitrogen and oxygen atoms in total. The maximum Gasteiger partial charge on any atom is 0.168 e. The van der Waals surface area contributed by atoms with Crippen molar-refractivity contribution in [2.75, 3.05) is 0 Å². The van der Waals surface area contributed by atoms with Crippen LogP contribution in [0.5, 0.6) is 0 Å². The monoisotopic (exact) mass is 424 g/mol. The third kappa shape index (κ3) is 2.50. The third-order valence-electron chi connectivity index (χ3n) is 3.83. The number of allylic oxidation sites excluding steroid dienone is 2. The van der Waals surface area contributed by atoms with Gasteiger partial charge in [-0.1, -0.05) is 92.5 Å². The van der Waals surface area contributed by atoms with Crippen LogP contribution in [0, 0.1) is 0 Å². The quantitative estimate of drug-likeness (QED) is 0.490. The lowest BCUT2D eigenvalue weighted by Crippen LogP contribution is -2.32. The molecule has 0 saturated carbocycles. The molecule has 2 aromatic carbocycles. The van der Waals surface area contributed by atoms with Crippen molar-refractivity contribution in [1.82, 2.24) is 0 Å². The first-order chi connectivity index (χ1) is 9.96. The SMILES string of the molecule is CC1(Br)CC(P(=O)(c2ccccc2)c2ccccc2)=C1Br. The number of rotatable bonds is 3. The molecule has 21 heavy (non-hydrogen) atoms. The number of hydrogen-bond acceptors (Lipinski definition) is 1. The zero-order valence-electron chi connectivity index (χ0n) is 11.6. The molecule has 0 aliphatic heterocycles. The maximum atomic E-state index is 14.0. The largest absolute Gasteiger partial charge is 0.309 e. The van der Waals surface area contributed by atoms with E-state index >= 15 is 0 Å². The lowest BCUT2D eigenvalue weighted by atomic mass is 9.97. The van der Waals surface area contributed by atoms with Crippen LogP contribution in [0.25, 0.3) is 0 Å². The van der Waals surface area contributed by atoms with E-state index < -0.39 is 7.14 Å². The summed E-state index contributed by atoms with van der Waals surface area (Å²) in [5.41, 5.74) is 0. The summed E-state index contributed by atoms with van der Waals surface area (Å²) in [6.07, 6.45) is 0.786. The molecule has 0 aromatic heterocycles. The van der Waals surface area contributed by atoms with Gasteiger partial charge in [-0.3, -0.25) is 0 Å². The molecule has 108 valence electrons. The van der Waals surface area contributed by atoms with Gasteiger partial charge in [0.1, 0.15) is 0 Å². The van der Waals surface area contributed by atoms with Gasteiger partial charge < -0.3 is 4.57 Å². The van der Waals surface area contributed by atoms with Crippen LogP contribution in [0.2, 0.25) is 0 Å². The summed E-state index contributed by atoms with van der Waals surface area (Å²) in [4.78, 5) is 0. The van der Waals surface area contributed by atoms with Gasteiger partial charge in [0.25, 0.3) is 0 Å². The zero-order chi connectivity index (χ0) is 15.1. The van der Waals surface area contributed by atoms with Crippen molar-refractivity contribution in [3.63, 3.8) is 0 Å². The molecule has 1 aliphatic rings. The molecule has 1 atom stereocenters. The Labute approximate surface area is 142 Å². The molecule has 3 rings (SSSR count). The first-order valence-electron chi connectivity index (χ1n) is 6.76. The van der Waals surface area contributed by atoms with E-state index in [0.717, 1.165) is 26.8 Å². The van der Waals surface area contributed by atoms with Crippen molar-refractivity contribution >= 4 is 49.6 Å². The highest BCUT2D eigenvalue weighted by molar-refractivity contribution is 9.14. The van der Waals surface area contributed by atoms with Gasteiger partial charge in [0.2, 0.25) is 0 Å². The summed E-state index contributed by atoms with van der Waals surface area (Å²) >= 11 is 7.32. The number of halogens is 2. The Kier molecular flexibility index (Phi) is 4.02. The van der Waals surface area contributed by atoms with Gasteiger partial charge in [-0.05, 0) is 13.3 Å². The van der Waals surface area contributed by atoms with Crippen LogP contribution < -0.4 is 10.6 Å². The fraction of sp³-hybridized carbons (Fsp3) is 0.176. The highest BCUT2D eigenvalue weighted by Crippen LogP contribution is 2.65. The third-order valence-corrected chi connectivity index (χ3v) is 9.89. The van der Waals surface area contributed by atoms with E-state index in [1.165, 1.54) is 0 Å². The van der Waals surface area contributed by atoms with Crippen LogP contribution in [0.3, 0.4) is 0 Å². The van der Waals surface area contributed by atoms with E-state index in [0.29, 0.717) is 0 Å². The van der Waals surface area contributed by atoms with Gasteiger partial charge in [0, 0.05) is 20.4 Å². The molecule has 0 bridgehead atoms. The lowest BCUT2D eigenvalue weighted by Gasteiger charge is -2.39. The van der Waals surface area contributed by atoms with Crippen molar-refractivity contribution in [3.05, 3.63) is 70.5 Å². The Morgan fingerprint density at radius 2 is 1.38 bits per heavy atom. The number of alkyl halides is 1. The van der Waals surface area contributed by atoms with Crippen LogP contribution >= 0.6 is 39.0 Å². The summed E-state index contributed by atoms with van der Waals surface area (Å²) in [5.74, 6) is 0. The molecule has 0 amide bonds. The Balaban J connectivity index is 2.24. The van der Waals surface area contributed by atoms with Gasteiger partial charge in [-0.15, -0.1) is 0 Å². The molecule has 0 radical (unpaired) electrons. The molecule has 0 heterocycles. The Hall–Kier alpha value is -0.630. The van der Waals surface area contributed by atoms with Gasteiger partial charge in [-0.25, -0.2) is 0 Å². The van der Waals surface area contributed by atoms with Crippen molar-refractivity contribution in [2.45, 2.75) is 17.7 Å². The number of benzene rings is 2. The second-order valence-electron chi connectivity index (χ2n) is 5.42. The first-order valence-corrected chi connectivity index (χ1v) is 10.1. The topological polar surface area (TPSA) is 17.1 Å². The highest BCUT2D eigenvalue weighted by Gasteiger charge is 2.47. The van der Waals surface area contributed by atoms with Crippen LogP contribution in [0.1, 0.15) is 13.3 Å². The molecule has 0 saturated heterocycles. The molecule has 0 fully saturated rings. The van der Waals surface area contributed by atoms with Crippen LogP contribution in [0.15, 0.2) is 70.5 Å². The van der Waals surface area contributed by atoms with Crippen molar-refractivity contribution in [1.29, 1.82) is 0 Å². The molecular formula is C17H15Br2OP. The first kappa shape index (κ1) is 15.3. The Bertz CT molecular complexity index is 692. The van der Waals surface area contributed by atoms with Crippen molar-refractivity contribution < 1.29 is 4.57 Å². The maximum absolute atomic E-state index is 14.0. The second kappa shape index (κ2) is 5.53. The smallest absolute Gasteiger partial charge is 0.168 e. The average Bonchev–Trinajstić information content (AvgIpc) is 2.53. The molecule has 1 unspecified atom stereocenters. The van der Waals surface area contributed by atoms with Crippen LogP contribution in [0.4, 0.5) is 0 Å². The predicted molar refractivity (Wildman–Crippen MR) is 97.7 cm³/mol. The standard InChI is InChI=1S/C17H15Br2OP/c1-17(19)12-15(16(17)18)21(20,13-8-4-2-5-9-13)14-10-6-3-7-11-14/h2-11H,12H2,1H3. The summed E-state index contributed by atoms with van der Waals surface area (Å²) in [7, 11) is -2.76. The zero-order valence-corrected chi connectivity index (χ0v) is 15.7. The normalized spacial score (nSPS) is 22.0. The van der Waals surface area contributed by atoms with E-state index in [4.69, 9.17) is 0 Å². The van der Waals surface area contributed by atoms with Crippen LogP contribution in [-0.4, -0.2) is 4.32 Å². The van der Waals surface area contributed by atoms with E-state index in [1.54, 1.807) is 0 Å². The van der Waals surface area contributed by atoms with E-state index in [-0.39, 0.29) is 4.32 Å². The number of hydrogen-bond donors (Lipinski definition) is 0. The molecule has 4 heteroatoms. The van der Waals surface area contributed by atoms with Crippen molar-refractivity contribution in [2.24, 2.45) is 0 Å². The van der Waals surface area contributed by atoms with E-state index in [1.807, 2.05) is 60.7 Å². The molecule has 0 N–H and O–H groups in total. The minimum absolute atomic E-state index is 0.0957. The summed E-state index contributed by atoms with van der Waals surface area (Å²) in [6.45, 7) is 2.10. The van der Waals surface area contributed by atoms with Gasteiger partial charge in [0.05, 0.1) is 4.32 Å². The second-order valence-corrected chi connectivity index (χ2v) is 10.7. The van der Waals surface area contributed by atoms with Gasteiger partial charge in [0.15, 0.2) is 7.14 Å². The fourth-order valence-corrected chi connectivity index (χ4v) is 7.74. The van der Waals surface area contributed by atoms with Gasteiger partial charge in [-0.2, -0.15) is 0 Å². The Morgan fingerprint density at radius 3 is 1.71 bits per heavy atom. The minimum atomic E-state index is -2.76. The molecule has 0 spiro atoms. The Morgan fingerprint density at radius 1 is 0.952 bits per heavy atom. The summed E-state index contributed by atoms with van der Waals surface area (Å²) in [5, 5.41) is 2.80. The molecular weight excluding hydrogens is 411 g/mol. The molecule has 2 aromatic rings.